The van der Waals surface area contributed by atoms with E-state index in [4.69, 9.17) is 24.7 Å². The number of benzene rings is 1. The van der Waals surface area contributed by atoms with Crippen LogP contribution in [0, 0.1) is 0 Å². The number of nitrogens with zero attached hydrogens (tertiary/aromatic N) is 4. The number of hydrogen-bond acceptors (Lipinski definition) is 9. The van der Waals surface area contributed by atoms with Gasteiger partial charge in [-0.3, -0.25) is 4.98 Å². The number of aromatic nitrogens is 4. The summed E-state index contributed by atoms with van der Waals surface area (Å²) in [5.41, 5.74) is 5.98. The first-order chi connectivity index (χ1) is 17.3. The van der Waals surface area contributed by atoms with Gasteiger partial charge >= 0.3 is 6.18 Å². The van der Waals surface area contributed by atoms with Crippen molar-refractivity contribution < 1.29 is 32.1 Å². The molecule has 36 heavy (non-hydrogen) atoms. The molecule has 0 bridgehead atoms. The van der Waals surface area contributed by atoms with E-state index in [1.807, 2.05) is 0 Å². The van der Waals surface area contributed by atoms with Crippen molar-refractivity contribution in [1.29, 1.82) is 0 Å². The molecule has 186 valence electrons. The summed E-state index contributed by atoms with van der Waals surface area (Å²) in [5.74, 6) is 1.22. The second-order valence-electron chi connectivity index (χ2n) is 7.14. The van der Waals surface area contributed by atoms with Gasteiger partial charge in [0.1, 0.15) is 13.2 Å². The highest BCUT2D eigenvalue weighted by Crippen LogP contribution is 2.39. The Kier molecular flexibility index (Phi) is 7.33. The molecule has 0 fully saturated rings. The quantitative estimate of drug-likeness (QED) is 0.325. The maximum absolute atomic E-state index is 12.7. The summed E-state index contributed by atoms with van der Waals surface area (Å²) in [4.78, 5) is 16.4. The van der Waals surface area contributed by atoms with Crippen molar-refractivity contribution in [3.05, 3.63) is 72.7 Å². The number of halogens is 3. The van der Waals surface area contributed by atoms with Crippen molar-refractivity contribution in [3.8, 4) is 40.4 Å². The molecule has 9 nitrogen and oxygen atoms in total. The smallest absolute Gasteiger partial charge is 0.417 e. The highest BCUT2D eigenvalue weighted by Gasteiger charge is 2.30. The fourth-order valence-electron chi connectivity index (χ4n) is 3.00. The van der Waals surface area contributed by atoms with E-state index in [2.05, 4.69) is 19.9 Å². The highest BCUT2D eigenvalue weighted by molar-refractivity contribution is 5.63. The summed E-state index contributed by atoms with van der Waals surface area (Å²) in [6, 6.07) is 12.4. The van der Waals surface area contributed by atoms with Gasteiger partial charge in [0.25, 0.3) is 5.88 Å². The van der Waals surface area contributed by atoms with E-state index >= 15 is 0 Å². The second kappa shape index (κ2) is 10.8. The predicted octanol–water partition coefficient (Wildman–Crippen LogP) is 4.79. The minimum absolute atomic E-state index is 0.0109. The number of pyridine rings is 2. The molecular formula is C24H20F3N5O4. The molecule has 0 aliphatic rings. The van der Waals surface area contributed by atoms with Crippen LogP contribution < -0.4 is 24.7 Å². The maximum Gasteiger partial charge on any atom is 0.417 e. The number of methoxy groups -OCH3 is 1. The molecule has 0 radical (unpaired) electrons. The van der Waals surface area contributed by atoms with E-state index in [-0.39, 0.29) is 42.4 Å². The zero-order valence-corrected chi connectivity index (χ0v) is 18.9. The van der Waals surface area contributed by atoms with E-state index < -0.39 is 11.7 Å². The van der Waals surface area contributed by atoms with Crippen LogP contribution in [0.25, 0.3) is 11.4 Å². The fraction of sp³-hybridized carbons (Fsp3) is 0.167. The molecule has 4 aromatic rings. The Bertz CT molecular complexity index is 1310. The van der Waals surface area contributed by atoms with Crippen LogP contribution in [0.2, 0.25) is 0 Å². The number of rotatable bonds is 9. The van der Waals surface area contributed by atoms with Gasteiger partial charge in [-0.2, -0.15) is 18.2 Å². The molecule has 12 heteroatoms. The maximum atomic E-state index is 12.7. The Hall–Kier alpha value is -4.61. The SMILES string of the molecule is COc1ccccc1Oc1c(N)nc(-c2ccncc2)nc1OCCOc1ccc(C(F)(F)F)cn1. The Morgan fingerprint density at radius 1 is 0.889 bits per heavy atom. The third-order valence-corrected chi connectivity index (χ3v) is 4.72. The molecule has 3 heterocycles. The van der Waals surface area contributed by atoms with Gasteiger partial charge in [0, 0.05) is 30.2 Å². The first-order valence-electron chi connectivity index (χ1n) is 10.5. The van der Waals surface area contributed by atoms with Gasteiger partial charge in [-0.25, -0.2) is 9.97 Å². The lowest BCUT2D eigenvalue weighted by Crippen LogP contribution is -2.13. The number of anilines is 1. The summed E-state index contributed by atoms with van der Waals surface area (Å²) in [6.07, 6.45) is -0.618. The average molecular weight is 499 g/mol. The van der Waals surface area contributed by atoms with Crippen molar-refractivity contribution >= 4 is 5.82 Å². The molecule has 2 N–H and O–H groups in total. The summed E-state index contributed by atoms with van der Waals surface area (Å²) >= 11 is 0. The van der Waals surface area contributed by atoms with Crippen LogP contribution in [0.4, 0.5) is 19.0 Å². The van der Waals surface area contributed by atoms with Crippen LogP contribution in [0.5, 0.6) is 29.0 Å². The largest absolute Gasteiger partial charge is 0.493 e. The van der Waals surface area contributed by atoms with Gasteiger partial charge in [-0.1, -0.05) is 12.1 Å². The third kappa shape index (κ3) is 5.90. The van der Waals surface area contributed by atoms with Gasteiger partial charge in [-0.15, -0.1) is 0 Å². The second-order valence-corrected chi connectivity index (χ2v) is 7.14. The van der Waals surface area contributed by atoms with E-state index in [9.17, 15) is 13.2 Å². The van der Waals surface area contributed by atoms with Gasteiger partial charge in [0.05, 0.1) is 12.7 Å². The summed E-state index contributed by atoms with van der Waals surface area (Å²) in [7, 11) is 1.50. The van der Waals surface area contributed by atoms with Gasteiger partial charge in [-0.05, 0) is 30.3 Å². The molecule has 0 saturated carbocycles. The van der Waals surface area contributed by atoms with Crippen LogP contribution in [0.15, 0.2) is 67.1 Å². The third-order valence-electron chi connectivity index (χ3n) is 4.72. The number of alkyl halides is 3. The lowest BCUT2D eigenvalue weighted by atomic mass is 10.2. The summed E-state index contributed by atoms with van der Waals surface area (Å²) in [5, 5.41) is 0. The molecule has 1 aromatic carbocycles. The van der Waals surface area contributed by atoms with Gasteiger partial charge in [0.2, 0.25) is 11.6 Å². The molecule has 0 aliphatic heterocycles. The number of ether oxygens (including phenoxy) is 4. The first-order valence-corrected chi connectivity index (χ1v) is 10.5. The van der Waals surface area contributed by atoms with Crippen LogP contribution in [0.3, 0.4) is 0 Å². The van der Waals surface area contributed by atoms with Crippen molar-refractivity contribution in [3.63, 3.8) is 0 Å². The molecule has 0 amide bonds. The monoisotopic (exact) mass is 499 g/mol. The number of hydrogen-bond donors (Lipinski definition) is 1. The van der Waals surface area contributed by atoms with Crippen LogP contribution >= 0.6 is 0 Å². The van der Waals surface area contributed by atoms with Gasteiger partial charge in [0.15, 0.2) is 23.1 Å². The molecule has 0 unspecified atom stereocenters. The lowest BCUT2D eigenvalue weighted by molar-refractivity contribution is -0.137. The van der Waals surface area contributed by atoms with E-state index in [0.29, 0.717) is 23.3 Å². The van der Waals surface area contributed by atoms with Crippen molar-refractivity contribution in [2.45, 2.75) is 6.18 Å². The van der Waals surface area contributed by atoms with Gasteiger partial charge < -0.3 is 24.7 Å². The van der Waals surface area contributed by atoms with E-state index in [1.54, 1.807) is 48.8 Å². The number of para-hydroxylation sites is 2. The summed E-state index contributed by atoms with van der Waals surface area (Å²) in [6.45, 7) is -0.0851. The minimum atomic E-state index is -4.48. The Morgan fingerprint density at radius 3 is 2.28 bits per heavy atom. The minimum Gasteiger partial charge on any atom is -0.493 e. The van der Waals surface area contributed by atoms with E-state index in [1.165, 1.54) is 7.11 Å². The Labute approximate surface area is 203 Å². The molecule has 3 aromatic heterocycles. The van der Waals surface area contributed by atoms with Crippen molar-refractivity contribution in [2.24, 2.45) is 0 Å². The zero-order valence-electron chi connectivity index (χ0n) is 18.9. The molecule has 0 atom stereocenters. The average Bonchev–Trinajstić information content (AvgIpc) is 2.88. The normalized spacial score (nSPS) is 11.1. The molecule has 0 spiro atoms. The zero-order chi connectivity index (χ0) is 25.5. The lowest BCUT2D eigenvalue weighted by Gasteiger charge is -2.16. The number of nitrogen functional groups attached to an aromatic ring is 1. The number of nitrogens with two attached hydrogens (primary N) is 1. The predicted molar refractivity (Wildman–Crippen MR) is 123 cm³/mol. The Balaban J connectivity index is 1.53. The van der Waals surface area contributed by atoms with E-state index in [0.717, 1.165) is 12.1 Å². The van der Waals surface area contributed by atoms with Crippen molar-refractivity contribution in [1.82, 2.24) is 19.9 Å². The molecule has 0 aliphatic carbocycles. The molecule has 0 saturated heterocycles. The topological polar surface area (TPSA) is 115 Å². The van der Waals surface area contributed by atoms with Crippen LogP contribution in [0.1, 0.15) is 5.56 Å². The van der Waals surface area contributed by atoms with Crippen molar-refractivity contribution in [2.75, 3.05) is 26.1 Å². The summed E-state index contributed by atoms with van der Waals surface area (Å²) < 4.78 is 60.5. The fourth-order valence-corrected chi connectivity index (χ4v) is 3.00. The Morgan fingerprint density at radius 2 is 1.61 bits per heavy atom. The first kappa shape index (κ1) is 24.5. The van der Waals surface area contributed by atoms with Crippen LogP contribution in [-0.2, 0) is 6.18 Å². The highest BCUT2D eigenvalue weighted by atomic mass is 19.4. The molecular weight excluding hydrogens is 479 g/mol. The van der Waals surface area contributed by atoms with Crippen LogP contribution in [-0.4, -0.2) is 40.3 Å². The molecule has 4 rings (SSSR count). The standard InChI is InChI=1S/C24H20F3N5O4/c1-33-17-4-2-3-5-18(17)36-20-21(28)31-22(15-8-10-29-11-9-15)32-23(20)35-13-12-34-19-7-6-16(14-30-19)24(25,26)27/h2-11,14H,12-13H2,1H3,(H2,28,31,32).